The van der Waals surface area contributed by atoms with Crippen LogP contribution in [0.1, 0.15) is 12.5 Å². The second kappa shape index (κ2) is 6.59. The van der Waals surface area contributed by atoms with Crippen LogP contribution < -0.4 is 5.32 Å². The van der Waals surface area contributed by atoms with Crippen molar-refractivity contribution in [3.05, 3.63) is 42.0 Å². The molecule has 0 aromatic heterocycles. The molecule has 2 aromatic rings. The number of hydrogen-bond donors (Lipinski definition) is 2. The molecule has 0 aliphatic heterocycles. The standard InChI is InChI=1S/C17H22N2O2/c1-12(17(21)18-2)10-19(3)11-15-14-7-5-4-6-13(14)8-9-16(15)20/h4-9,12,20H,10-11H2,1-3H3,(H,18,21). The molecule has 2 aromatic carbocycles. The van der Waals surface area contributed by atoms with Crippen LogP contribution in [0.25, 0.3) is 10.8 Å². The Morgan fingerprint density at radius 2 is 2.00 bits per heavy atom. The van der Waals surface area contributed by atoms with Crippen molar-refractivity contribution in [1.29, 1.82) is 0 Å². The fraction of sp³-hybridized carbons (Fsp3) is 0.353. The Morgan fingerprint density at radius 3 is 2.71 bits per heavy atom. The van der Waals surface area contributed by atoms with Crippen molar-refractivity contribution in [3.8, 4) is 5.75 Å². The maximum atomic E-state index is 11.6. The minimum Gasteiger partial charge on any atom is -0.508 e. The van der Waals surface area contributed by atoms with Gasteiger partial charge in [-0.1, -0.05) is 37.3 Å². The van der Waals surface area contributed by atoms with Crippen LogP contribution in [-0.4, -0.2) is 36.6 Å². The number of hydrogen-bond acceptors (Lipinski definition) is 3. The summed E-state index contributed by atoms with van der Waals surface area (Å²) in [4.78, 5) is 13.6. The van der Waals surface area contributed by atoms with Crippen LogP contribution in [0.2, 0.25) is 0 Å². The average Bonchev–Trinajstić information content (AvgIpc) is 2.49. The maximum Gasteiger partial charge on any atom is 0.223 e. The Labute approximate surface area is 125 Å². The number of rotatable bonds is 5. The van der Waals surface area contributed by atoms with E-state index in [2.05, 4.69) is 10.2 Å². The van der Waals surface area contributed by atoms with E-state index in [1.807, 2.05) is 44.3 Å². The number of carbonyl (C=O) groups excluding carboxylic acids is 1. The highest BCUT2D eigenvalue weighted by Gasteiger charge is 2.15. The lowest BCUT2D eigenvalue weighted by Crippen LogP contribution is -2.34. The number of nitrogens with zero attached hydrogens (tertiary/aromatic N) is 1. The van der Waals surface area contributed by atoms with Gasteiger partial charge in [-0.25, -0.2) is 0 Å². The molecule has 2 N–H and O–H groups in total. The molecular weight excluding hydrogens is 264 g/mol. The minimum absolute atomic E-state index is 0.0315. The van der Waals surface area contributed by atoms with Crippen LogP contribution in [-0.2, 0) is 11.3 Å². The van der Waals surface area contributed by atoms with Gasteiger partial charge in [0, 0.05) is 31.6 Å². The monoisotopic (exact) mass is 286 g/mol. The van der Waals surface area contributed by atoms with Crippen LogP contribution >= 0.6 is 0 Å². The quantitative estimate of drug-likeness (QED) is 0.887. The number of aromatic hydroxyl groups is 1. The zero-order chi connectivity index (χ0) is 15.4. The van der Waals surface area contributed by atoms with E-state index in [1.165, 1.54) is 0 Å². The third-order valence-electron chi connectivity index (χ3n) is 3.72. The van der Waals surface area contributed by atoms with Gasteiger partial charge in [0.05, 0.1) is 0 Å². The van der Waals surface area contributed by atoms with Crippen molar-refractivity contribution in [2.24, 2.45) is 5.92 Å². The van der Waals surface area contributed by atoms with Crippen molar-refractivity contribution in [1.82, 2.24) is 10.2 Å². The van der Waals surface area contributed by atoms with Gasteiger partial charge in [-0.15, -0.1) is 0 Å². The zero-order valence-corrected chi connectivity index (χ0v) is 12.8. The van der Waals surface area contributed by atoms with Crippen LogP contribution in [0, 0.1) is 5.92 Å². The lowest BCUT2D eigenvalue weighted by atomic mass is 10.0. The normalized spacial score (nSPS) is 12.6. The first-order valence-electron chi connectivity index (χ1n) is 7.12. The number of phenols is 1. The van der Waals surface area contributed by atoms with Gasteiger partial charge in [0.2, 0.25) is 5.91 Å². The summed E-state index contributed by atoms with van der Waals surface area (Å²) in [6.45, 7) is 3.15. The maximum absolute atomic E-state index is 11.6. The molecule has 0 aliphatic rings. The van der Waals surface area contributed by atoms with Gasteiger partial charge in [0.25, 0.3) is 0 Å². The molecule has 0 fully saturated rings. The van der Waals surface area contributed by atoms with Gasteiger partial charge in [-0.2, -0.15) is 0 Å². The number of phenolic OH excluding ortho intramolecular Hbond substituents is 1. The van der Waals surface area contributed by atoms with Crippen molar-refractivity contribution >= 4 is 16.7 Å². The summed E-state index contributed by atoms with van der Waals surface area (Å²) >= 11 is 0. The van der Waals surface area contributed by atoms with E-state index >= 15 is 0 Å². The van der Waals surface area contributed by atoms with Crippen molar-refractivity contribution in [3.63, 3.8) is 0 Å². The van der Waals surface area contributed by atoms with E-state index in [-0.39, 0.29) is 11.8 Å². The smallest absolute Gasteiger partial charge is 0.223 e. The first-order valence-corrected chi connectivity index (χ1v) is 7.12. The zero-order valence-electron chi connectivity index (χ0n) is 12.8. The number of fused-ring (bicyclic) bond motifs is 1. The molecule has 0 radical (unpaired) electrons. The molecule has 4 heteroatoms. The molecule has 0 bridgehead atoms. The van der Waals surface area contributed by atoms with Gasteiger partial charge in [0.15, 0.2) is 0 Å². The number of nitrogens with one attached hydrogen (secondary N) is 1. The average molecular weight is 286 g/mol. The second-order valence-corrected chi connectivity index (χ2v) is 5.50. The molecule has 4 nitrogen and oxygen atoms in total. The Hall–Kier alpha value is -2.07. The molecule has 0 heterocycles. The number of benzene rings is 2. The highest BCUT2D eigenvalue weighted by molar-refractivity contribution is 5.87. The number of carbonyl (C=O) groups is 1. The first-order chi connectivity index (χ1) is 10.0. The van der Waals surface area contributed by atoms with Crippen LogP contribution in [0.15, 0.2) is 36.4 Å². The SMILES string of the molecule is CNC(=O)C(C)CN(C)Cc1c(O)ccc2ccccc12. The Balaban J connectivity index is 2.19. The summed E-state index contributed by atoms with van der Waals surface area (Å²) in [5, 5.41) is 15.0. The Kier molecular flexibility index (Phi) is 4.81. The van der Waals surface area contributed by atoms with Crippen molar-refractivity contribution in [2.75, 3.05) is 20.6 Å². The molecule has 1 unspecified atom stereocenters. The predicted molar refractivity (Wildman–Crippen MR) is 85.2 cm³/mol. The fourth-order valence-electron chi connectivity index (χ4n) is 2.62. The summed E-state index contributed by atoms with van der Waals surface area (Å²) in [5.41, 5.74) is 0.903. The van der Waals surface area contributed by atoms with Gasteiger partial charge in [-0.05, 0) is 23.9 Å². The van der Waals surface area contributed by atoms with Gasteiger partial charge in [0.1, 0.15) is 5.75 Å². The molecule has 1 atom stereocenters. The van der Waals surface area contributed by atoms with Crippen molar-refractivity contribution < 1.29 is 9.90 Å². The van der Waals surface area contributed by atoms with E-state index in [4.69, 9.17) is 0 Å². The summed E-state index contributed by atoms with van der Waals surface area (Å²) in [5.74, 6) is 0.245. The largest absolute Gasteiger partial charge is 0.508 e. The van der Waals surface area contributed by atoms with Gasteiger partial charge >= 0.3 is 0 Å². The van der Waals surface area contributed by atoms with Crippen molar-refractivity contribution in [2.45, 2.75) is 13.5 Å². The first kappa shape index (κ1) is 15.3. The Bertz CT molecular complexity index is 640. The predicted octanol–water partition coefficient (Wildman–Crippen LogP) is 2.36. The van der Waals surface area contributed by atoms with Gasteiger partial charge in [-0.3, -0.25) is 4.79 Å². The molecule has 0 spiro atoms. The molecule has 0 aliphatic carbocycles. The van der Waals surface area contributed by atoms with E-state index in [1.54, 1.807) is 13.1 Å². The topological polar surface area (TPSA) is 52.6 Å². The molecule has 112 valence electrons. The van der Waals surface area contributed by atoms with Crippen LogP contribution in [0.3, 0.4) is 0 Å². The molecule has 1 amide bonds. The second-order valence-electron chi connectivity index (χ2n) is 5.50. The summed E-state index contributed by atoms with van der Waals surface area (Å²) in [6, 6.07) is 11.7. The minimum atomic E-state index is -0.0860. The highest BCUT2D eigenvalue weighted by atomic mass is 16.3. The molecule has 0 saturated carbocycles. The van der Waals surface area contributed by atoms with E-state index in [0.29, 0.717) is 18.8 Å². The Morgan fingerprint density at radius 1 is 1.29 bits per heavy atom. The van der Waals surface area contributed by atoms with E-state index in [9.17, 15) is 9.90 Å². The van der Waals surface area contributed by atoms with Crippen LogP contribution in [0.5, 0.6) is 5.75 Å². The molecule has 0 saturated heterocycles. The summed E-state index contributed by atoms with van der Waals surface area (Å²) in [7, 11) is 3.61. The fourth-order valence-corrected chi connectivity index (χ4v) is 2.62. The molecule has 21 heavy (non-hydrogen) atoms. The highest BCUT2D eigenvalue weighted by Crippen LogP contribution is 2.28. The summed E-state index contributed by atoms with van der Waals surface area (Å²) < 4.78 is 0. The van der Waals surface area contributed by atoms with Crippen LogP contribution in [0.4, 0.5) is 0 Å². The molecular formula is C17H22N2O2. The third-order valence-corrected chi connectivity index (χ3v) is 3.72. The van der Waals surface area contributed by atoms with Gasteiger partial charge < -0.3 is 15.3 Å². The molecule has 2 rings (SSSR count). The number of amides is 1. The van der Waals surface area contributed by atoms with E-state index < -0.39 is 0 Å². The summed E-state index contributed by atoms with van der Waals surface area (Å²) in [6.07, 6.45) is 0. The van der Waals surface area contributed by atoms with E-state index in [0.717, 1.165) is 16.3 Å². The lowest BCUT2D eigenvalue weighted by molar-refractivity contribution is -0.124. The lowest BCUT2D eigenvalue weighted by Gasteiger charge is -2.21. The third kappa shape index (κ3) is 3.52.